The molecule has 0 unspecified atom stereocenters. The van der Waals surface area contributed by atoms with E-state index in [0.717, 1.165) is 41.6 Å². The van der Waals surface area contributed by atoms with Crippen LogP contribution < -0.4 is 4.90 Å². The van der Waals surface area contributed by atoms with Gasteiger partial charge < -0.3 is 14.5 Å². The third kappa shape index (κ3) is 4.23. The summed E-state index contributed by atoms with van der Waals surface area (Å²) in [5.74, 6) is 1.60. The Balaban J connectivity index is 1.77. The molecule has 0 spiro atoms. The number of carbonyl (C=O) groups is 1. The maximum atomic E-state index is 12.5. The van der Waals surface area contributed by atoms with Crippen molar-refractivity contribution in [2.45, 2.75) is 51.3 Å². The monoisotopic (exact) mass is 414 g/mol. The van der Waals surface area contributed by atoms with Crippen LogP contribution in [0.3, 0.4) is 0 Å². The molecule has 2 aromatic rings. The van der Waals surface area contributed by atoms with Gasteiger partial charge in [0, 0.05) is 37.2 Å². The van der Waals surface area contributed by atoms with Crippen LogP contribution in [0.2, 0.25) is 0 Å². The number of hydrogen-bond acceptors (Lipinski definition) is 5. The van der Waals surface area contributed by atoms with Gasteiger partial charge in [0.25, 0.3) is 0 Å². The Morgan fingerprint density at radius 2 is 1.86 bits per heavy atom. The lowest BCUT2D eigenvalue weighted by atomic mass is 10.0. The Morgan fingerprint density at radius 3 is 2.52 bits per heavy atom. The van der Waals surface area contributed by atoms with E-state index in [-0.39, 0.29) is 18.1 Å². The molecule has 0 N–H and O–H groups in total. The fourth-order valence-corrected chi connectivity index (χ4v) is 4.30. The van der Waals surface area contributed by atoms with E-state index in [0.29, 0.717) is 19.5 Å². The minimum Gasteiger partial charge on any atom is -0.372 e. The molecule has 3 heterocycles. The minimum atomic E-state index is -0.534. The summed E-state index contributed by atoms with van der Waals surface area (Å²) in [6, 6.07) is 10.1. The minimum absolute atomic E-state index is 0.0425. The summed E-state index contributed by atoms with van der Waals surface area (Å²) in [7, 11) is 0. The third-order valence-corrected chi connectivity index (χ3v) is 5.63. The van der Waals surface area contributed by atoms with Crippen LogP contribution in [0.15, 0.2) is 30.3 Å². The van der Waals surface area contributed by atoms with E-state index in [1.807, 2.05) is 35.2 Å². The van der Waals surface area contributed by atoms with Gasteiger partial charge in [-0.3, -0.25) is 4.79 Å². The summed E-state index contributed by atoms with van der Waals surface area (Å²) in [5, 5.41) is -0.534. The van der Waals surface area contributed by atoms with Crippen LogP contribution in [0.25, 0.3) is 11.4 Å². The van der Waals surface area contributed by atoms with Crippen molar-refractivity contribution < 1.29 is 9.53 Å². The number of rotatable bonds is 3. The summed E-state index contributed by atoms with van der Waals surface area (Å²) < 4.78 is 5.92. The average molecular weight is 415 g/mol. The first-order chi connectivity index (χ1) is 13.9. The fraction of sp³-hybridized carbons (Fsp3) is 0.500. The summed E-state index contributed by atoms with van der Waals surface area (Å²) >= 11 is 6.07. The van der Waals surface area contributed by atoms with Crippen molar-refractivity contribution in [2.24, 2.45) is 0 Å². The van der Waals surface area contributed by atoms with E-state index in [1.165, 1.54) is 0 Å². The molecule has 7 heteroatoms. The zero-order valence-corrected chi connectivity index (χ0v) is 17.9. The lowest BCUT2D eigenvalue weighted by Gasteiger charge is -2.39. The number of carbonyl (C=O) groups excluding carboxylic acids is 1. The van der Waals surface area contributed by atoms with Crippen LogP contribution >= 0.6 is 11.6 Å². The molecule has 2 aliphatic heterocycles. The predicted molar refractivity (Wildman–Crippen MR) is 114 cm³/mol. The number of hydrogen-bond donors (Lipinski definition) is 0. The highest BCUT2D eigenvalue weighted by molar-refractivity contribution is 6.30. The van der Waals surface area contributed by atoms with Crippen LogP contribution in [0.4, 0.5) is 5.82 Å². The molecular weight excluding hydrogens is 388 g/mol. The maximum Gasteiger partial charge on any atom is 0.240 e. The summed E-state index contributed by atoms with van der Waals surface area (Å²) in [4.78, 5) is 26.5. The molecule has 0 saturated carbocycles. The molecule has 29 heavy (non-hydrogen) atoms. The van der Waals surface area contributed by atoms with E-state index in [1.54, 1.807) is 6.92 Å². The van der Waals surface area contributed by atoms with Gasteiger partial charge in [-0.15, -0.1) is 11.6 Å². The highest BCUT2D eigenvalue weighted by atomic mass is 35.5. The van der Waals surface area contributed by atoms with Crippen molar-refractivity contribution >= 4 is 23.3 Å². The van der Waals surface area contributed by atoms with Crippen molar-refractivity contribution in [3.8, 4) is 11.4 Å². The van der Waals surface area contributed by atoms with Gasteiger partial charge in [-0.1, -0.05) is 30.3 Å². The van der Waals surface area contributed by atoms with Gasteiger partial charge >= 0.3 is 0 Å². The standard InChI is InChI=1S/C22H27ClN4O2/c1-14-11-27(12-15(2)29-14)21-18-13-26(22(28)16(3)23)10-9-19(18)24-20(25-21)17-7-5-4-6-8-17/h4-8,14-16H,9-13H2,1-3H3/t14-,15+,16-/m1/s1. The molecule has 0 radical (unpaired) electrons. The largest absolute Gasteiger partial charge is 0.372 e. The smallest absolute Gasteiger partial charge is 0.240 e. The predicted octanol–water partition coefficient (Wildman–Crippen LogP) is 3.27. The Bertz CT molecular complexity index is 880. The normalized spacial score (nSPS) is 22.9. The zero-order chi connectivity index (χ0) is 20.5. The number of alkyl halides is 1. The van der Waals surface area contributed by atoms with Gasteiger partial charge in [-0.2, -0.15) is 0 Å². The summed E-state index contributed by atoms with van der Waals surface area (Å²) in [6.45, 7) is 8.54. The summed E-state index contributed by atoms with van der Waals surface area (Å²) in [5.41, 5.74) is 3.05. The van der Waals surface area contributed by atoms with E-state index in [2.05, 4.69) is 18.7 Å². The Labute approximate surface area is 176 Å². The number of aromatic nitrogens is 2. The van der Waals surface area contributed by atoms with E-state index in [9.17, 15) is 4.79 Å². The second kappa shape index (κ2) is 8.28. The Kier molecular flexibility index (Phi) is 5.74. The van der Waals surface area contributed by atoms with Gasteiger partial charge in [-0.05, 0) is 20.8 Å². The topological polar surface area (TPSA) is 58.6 Å². The van der Waals surface area contributed by atoms with Gasteiger partial charge in [0.2, 0.25) is 5.91 Å². The van der Waals surface area contributed by atoms with Crippen molar-refractivity contribution in [3.63, 3.8) is 0 Å². The number of anilines is 1. The third-order valence-electron chi connectivity index (χ3n) is 5.44. The number of morpholine rings is 1. The highest BCUT2D eigenvalue weighted by Crippen LogP contribution is 2.31. The number of nitrogens with zero attached hydrogens (tertiary/aromatic N) is 4. The van der Waals surface area contributed by atoms with Crippen molar-refractivity contribution in [1.82, 2.24) is 14.9 Å². The van der Waals surface area contributed by atoms with Crippen molar-refractivity contribution in [2.75, 3.05) is 24.5 Å². The fourth-order valence-electron chi connectivity index (χ4n) is 4.17. The first-order valence-electron chi connectivity index (χ1n) is 10.2. The van der Waals surface area contributed by atoms with Gasteiger partial charge in [0.1, 0.15) is 11.2 Å². The molecule has 2 aliphatic rings. The number of benzene rings is 1. The molecule has 1 amide bonds. The number of fused-ring (bicyclic) bond motifs is 1. The van der Waals surface area contributed by atoms with Crippen LogP contribution in [0.5, 0.6) is 0 Å². The number of halogens is 1. The SMILES string of the molecule is C[C@@H]1CN(c2nc(-c3ccccc3)nc3c2CN(C(=O)[C@@H](C)Cl)CC3)C[C@H](C)O1. The lowest BCUT2D eigenvalue weighted by Crippen LogP contribution is -2.47. The second-order valence-corrected chi connectivity index (χ2v) is 8.60. The molecule has 6 nitrogen and oxygen atoms in total. The molecule has 1 aromatic heterocycles. The molecule has 0 bridgehead atoms. The number of amides is 1. The number of ether oxygens (including phenoxy) is 1. The van der Waals surface area contributed by atoms with Gasteiger partial charge in [-0.25, -0.2) is 9.97 Å². The summed E-state index contributed by atoms with van der Waals surface area (Å²) in [6.07, 6.45) is 0.942. The first kappa shape index (κ1) is 20.1. The Morgan fingerprint density at radius 1 is 1.17 bits per heavy atom. The van der Waals surface area contributed by atoms with Gasteiger partial charge in [0.05, 0.1) is 24.4 Å². The lowest BCUT2D eigenvalue weighted by molar-refractivity contribution is -0.131. The van der Waals surface area contributed by atoms with Gasteiger partial charge in [0.15, 0.2) is 5.82 Å². The van der Waals surface area contributed by atoms with Crippen molar-refractivity contribution in [1.29, 1.82) is 0 Å². The molecule has 4 rings (SSSR count). The van der Waals surface area contributed by atoms with E-state index >= 15 is 0 Å². The zero-order valence-electron chi connectivity index (χ0n) is 17.1. The Hall–Kier alpha value is -2.18. The molecule has 3 atom stereocenters. The molecule has 1 aromatic carbocycles. The molecule has 1 fully saturated rings. The maximum absolute atomic E-state index is 12.5. The van der Waals surface area contributed by atoms with Crippen LogP contribution in [-0.2, 0) is 22.5 Å². The average Bonchev–Trinajstić information content (AvgIpc) is 2.71. The van der Waals surface area contributed by atoms with Crippen LogP contribution in [0.1, 0.15) is 32.0 Å². The molecule has 1 saturated heterocycles. The molecular formula is C22H27ClN4O2. The molecule has 154 valence electrons. The second-order valence-electron chi connectivity index (χ2n) is 7.95. The van der Waals surface area contributed by atoms with Crippen LogP contribution in [-0.4, -0.2) is 58.0 Å². The van der Waals surface area contributed by atoms with E-state index in [4.69, 9.17) is 26.3 Å². The highest BCUT2D eigenvalue weighted by Gasteiger charge is 2.31. The van der Waals surface area contributed by atoms with Crippen molar-refractivity contribution in [3.05, 3.63) is 41.6 Å². The molecule has 0 aliphatic carbocycles. The van der Waals surface area contributed by atoms with Crippen LogP contribution in [0, 0.1) is 0 Å². The quantitative estimate of drug-likeness (QED) is 0.721. The first-order valence-corrected chi connectivity index (χ1v) is 10.6. The van der Waals surface area contributed by atoms with E-state index < -0.39 is 5.38 Å².